The van der Waals surface area contributed by atoms with Gasteiger partial charge in [-0.25, -0.2) is 4.39 Å². The van der Waals surface area contributed by atoms with Gasteiger partial charge >= 0.3 is 0 Å². The van der Waals surface area contributed by atoms with Crippen LogP contribution in [0.15, 0.2) is 41.7 Å². The molecule has 0 unspecified atom stereocenters. The monoisotopic (exact) mass is 474 g/mol. The minimum absolute atomic E-state index is 0. The van der Waals surface area contributed by atoms with Crippen LogP contribution in [0.1, 0.15) is 11.1 Å². The van der Waals surface area contributed by atoms with Gasteiger partial charge in [0.05, 0.1) is 6.61 Å². The van der Waals surface area contributed by atoms with E-state index in [9.17, 15) is 4.39 Å². The van der Waals surface area contributed by atoms with Crippen LogP contribution in [-0.2, 0) is 24.3 Å². The Kier molecular flexibility index (Phi) is 8.17. The molecule has 2 N–H and O–H groups in total. The van der Waals surface area contributed by atoms with Crippen LogP contribution < -0.4 is 15.4 Å². The highest BCUT2D eigenvalue weighted by Crippen LogP contribution is 2.29. The van der Waals surface area contributed by atoms with E-state index in [1.807, 2.05) is 24.5 Å². The summed E-state index contributed by atoms with van der Waals surface area (Å²) in [5, 5.41) is 6.51. The van der Waals surface area contributed by atoms with Crippen molar-refractivity contribution in [2.75, 3.05) is 26.9 Å². The summed E-state index contributed by atoms with van der Waals surface area (Å²) in [4.78, 5) is 4.20. The van der Waals surface area contributed by atoms with E-state index in [4.69, 9.17) is 9.47 Å². The van der Waals surface area contributed by atoms with Gasteiger partial charge in [-0.05, 0) is 36.2 Å². The molecule has 8 heteroatoms. The molecule has 6 nitrogen and oxygen atoms in total. The Balaban J connectivity index is 0.00000243. The van der Waals surface area contributed by atoms with Crippen LogP contribution in [0.4, 0.5) is 4.39 Å². The molecule has 1 aromatic carbocycles. The van der Waals surface area contributed by atoms with E-state index in [2.05, 4.69) is 20.2 Å². The molecule has 0 fully saturated rings. The third-order valence-corrected chi connectivity index (χ3v) is 3.99. The molecule has 0 atom stereocenters. The minimum Gasteiger partial charge on any atom is -0.467 e. The maximum Gasteiger partial charge on any atom is 0.191 e. The van der Waals surface area contributed by atoms with Crippen LogP contribution in [0.2, 0.25) is 0 Å². The molecule has 0 saturated carbocycles. The summed E-state index contributed by atoms with van der Waals surface area (Å²) in [6.07, 6.45) is 4.68. The molecule has 1 aromatic heterocycles. The molecular weight excluding hydrogens is 450 g/mol. The molecule has 3 rings (SSSR count). The molecule has 0 amide bonds. The Bertz CT molecular complexity index is 722. The van der Waals surface area contributed by atoms with Gasteiger partial charge in [-0.15, -0.1) is 24.0 Å². The number of nitrogens with zero attached hydrogens (tertiary/aromatic N) is 2. The number of nitrogens with one attached hydrogen (secondary N) is 2. The molecule has 2 aromatic rings. The van der Waals surface area contributed by atoms with E-state index in [-0.39, 0.29) is 36.6 Å². The predicted octanol–water partition coefficient (Wildman–Crippen LogP) is 2.52. The number of hydrogen-bond acceptors (Lipinski definition) is 3. The predicted molar refractivity (Wildman–Crippen MR) is 110 cm³/mol. The molecular formula is C18H24FIN4O2. The summed E-state index contributed by atoms with van der Waals surface area (Å²) in [7, 11) is 1.73. The first-order chi connectivity index (χ1) is 12.3. The molecule has 142 valence electrons. The second-order valence-electron chi connectivity index (χ2n) is 5.76. The molecule has 1 aliphatic heterocycles. The lowest BCUT2D eigenvalue weighted by atomic mass is 10.1. The van der Waals surface area contributed by atoms with Crippen molar-refractivity contribution in [3.05, 3.63) is 53.6 Å². The van der Waals surface area contributed by atoms with Crippen LogP contribution in [0.3, 0.4) is 0 Å². The summed E-state index contributed by atoms with van der Waals surface area (Å²) in [5.74, 6) is 1.20. The molecule has 0 saturated heterocycles. The van der Waals surface area contributed by atoms with Gasteiger partial charge in [0.2, 0.25) is 0 Å². The zero-order chi connectivity index (χ0) is 17.5. The molecule has 0 radical (unpaired) electrons. The number of rotatable bonds is 6. The first kappa shape index (κ1) is 20.5. The molecule has 1 aliphatic rings. The lowest BCUT2D eigenvalue weighted by Gasteiger charge is -2.21. The van der Waals surface area contributed by atoms with Gasteiger partial charge in [-0.1, -0.05) is 0 Å². The van der Waals surface area contributed by atoms with Crippen LogP contribution in [0.5, 0.6) is 5.75 Å². The molecule has 0 bridgehead atoms. The Labute approximate surface area is 169 Å². The van der Waals surface area contributed by atoms with E-state index < -0.39 is 0 Å². The van der Waals surface area contributed by atoms with E-state index in [1.165, 1.54) is 12.1 Å². The average molecular weight is 474 g/mol. The number of ether oxygens (including phenoxy) is 2. The SMILES string of the molecule is CN=C(NCCc1cc(F)cc2c1OCOC2)NCCn1cccc1.I. The van der Waals surface area contributed by atoms with Crippen LogP contribution >= 0.6 is 24.0 Å². The van der Waals surface area contributed by atoms with Gasteiger partial charge < -0.3 is 24.7 Å². The van der Waals surface area contributed by atoms with Gasteiger partial charge in [0.1, 0.15) is 11.6 Å². The Morgan fingerprint density at radius 3 is 2.77 bits per heavy atom. The summed E-state index contributed by atoms with van der Waals surface area (Å²) in [6, 6.07) is 6.99. The fraction of sp³-hybridized carbons (Fsp3) is 0.389. The summed E-state index contributed by atoms with van der Waals surface area (Å²) in [5.41, 5.74) is 1.60. The van der Waals surface area contributed by atoms with Gasteiger partial charge in [-0.3, -0.25) is 4.99 Å². The lowest BCUT2D eigenvalue weighted by Crippen LogP contribution is -2.39. The summed E-state index contributed by atoms with van der Waals surface area (Å²) in [6.45, 7) is 2.85. The fourth-order valence-electron chi connectivity index (χ4n) is 2.80. The maximum atomic E-state index is 13.7. The van der Waals surface area contributed by atoms with E-state index in [1.54, 1.807) is 7.05 Å². The molecule has 26 heavy (non-hydrogen) atoms. The number of hydrogen-bond donors (Lipinski definition) is 2. The zero-order valence-corrected chi connectivity index (χ0v) is 17.0. The van der Waals surface area contributed by atoms with Crippen molar-refractivity contribution in [2.45, 2.75) is 19.6 Å². The topological polar surface area (TPSA) is 59.8 Å². The second-order valence-corrected chi connectivity index (χ2v) is 5.76. The van der Waals surface area contributed by atoms with E-state index in [0.29, 0.717) is 19.6 Å². The average Bonchev–Trinajstić information content (AvgIpc) is 3.13. The Morgan fingerprint density at radius 1 is 1.23 bits per heavy atom. The number of aliphatic imine (C=N–C) groups is 1. The van der Waals surface area contributed by atoms with E-state index >= 15 is 0 Å². The van der Waals surface area contributed by atoms with Crippen molar-refractivity contribution in [3.63, 3.8) is 0 Å². The van der Waals surface area contributed by atoms with Crippen LogP contribution in [-0.4, -0.2) is 37.5 Å². The lowest BCUT2D eigenvalue weighted by molar-refractivity contribution is -0.0172. The van der Waals surface area contributed by atoms with Crippen molar-refractivity contribution in [3.8, 4) is 5.75 Å². The summed E-state index contributed by atoms with van der Waals surface area (Å²) >= 11 is 0. The largest absolute Gasteiger partial charge is 0.467 e. The maximum absolute atomic E-state index is 13.7. The number of guanidine groups is 1. The highest BCUT2D eigenvalue weighted by atomic mass is 127. The third kappa shape index (κ3) is 5.60. The minimum atomic E-state index is -0.267. The van der Waals surface area contributed by atoms with Gasteiger partial charge in [0.15, 0.2) is 12.8 Å². The Morgan fingerprint density at radius 2 is 2.00 bits per heavy atom. The normalized spacial score (nSPS) is 13.4. The zero-order valence-electron chi connectivity index (χ0n) is 14.7. The number of fused-ring (bicyclic) bond motifs is 1. The molecule has 0 aliphatic carbocycles. The van der Waals surface area contributed by atoms with Gasteiger partial charge in [0.25, 0.3) is 0 Å². The number of aromatic nitrogens is 1. The Hall–Kier alpha value is -1.81. The number of halogens is 2. The van der Waals surface area contributed by atoms with Crippen LogP contribution in [0, 0.1) is 5.82 Å². The molecule has 2 heterocycles. The van der Waals surface area contributed by atoms with Crippen molar-refractivity contribution in [1.29, 1.82) is 0 Å². The highest BCUT2D eigenvalue weighted by Gasteiger charge is 2.16. The van der Waals surface area contributed by atoms with Crippen molar-refractivity contribution >= 4 is 29.9 Å². The molecule has 0 spiro atoms. The van der Waals surface area contributed by atoms with E-state index in [0.717, 1.165) is 35.9 Å². The first-order valence-corrected chi connectivity index (χ1v) is 8.33. The van der Waals surface area contributed by atoms with Crippen molar-refractivity contribution < 1.29 is 13.9 Å². The quantitative estimate of drug-likeness (QED) is 0.384. The van der Waals surface area contributed by atoms with Gasteiger partial charge in [-0.2, -0.15) is 0 Å². The third-order valence-electron chi connectivity index (χ3n) is 3.99. The van der Waals surface area contributed by atoms with Crippen molar-refractivity contribution in [2.24, 2.45) is 4.99 Å². The van der Waals surface area contributed by atoms with Gasteiger partial charge in [0, 0.05) is 44.6 Å². The standard InChI is InChI=1S/C18H23FN4O2.HI/c1-20-18(22-6-9-23-7-2-3-8-23)21-5-4-14-10-16(19)11-15-12-24-13-25-17(14)15;/h2-3,7-8,10-11H,4-6,9,12-13H2,1H3,(H2,20,21,22);1H. The summed E-state index contributed by atoms with van der Waals surface area (Å²) < 4.78 is 26.6. The second kappa shape index (κ2) is 10.4. The fourth-order valence-corrected chi connectivity index (χ4v) is 2.80. The number of benzene rings is 1. The van der Waals surface area contributed by atoms with Crippen molar-refractivity contribution in [1.82, 2.24) is 15.2 Å². The van der Waals surface area contributed by atoms with Crippen LogP contribution in [0.25, 0.3) is 0 Å². The smallest absolute Gasteiger partial charge is 0.191 e. The first-order valence-electron chi connectivity index (χ1n) is 8.33. The highest BCUT2D eigenvalue weighted by molar-refractivity contribution is 14.0.